The molecule has 1 unspecified atom stereocenters. The summed E-state index contributed by atoms with van der Waals surface area (Å²) in [5.74, 6) is -0.843. The number of hydrogen-bond donors (Lipinski definition) is 1. The van der Waals surface area contributed by atoms with Crippen molar-refractivity contribution >= 4 is 31.0 Å². The second-order valence-corrected chi connectivity index (χ2v) is 7.75. The summed E-state index contributed by atoms with van der Waals surface area (Å²) in [6.07, 6.45) is 0. The molecule has 2 aromatic carbocycles. The van der Waals surface area contributed by atoms with Gasteiger partial charge in [0.05, 0.1) is 0 Å². The predicted molar refractivity (Wildman–Crippen MR) is 87.9 cm³/mol. The third kappa shape index (κ3) is 4.07. The van der Waals surface area contributed by atoms with Crippen LogP contribution in [0.15, 0.2) is 66.2 Å². The molecule has 0 spiro atoms. The van der Waals surface area contributed by atoms with Crippen molar-refractivity contribution in [3.63, 3.8) is 0 Å². The molecule has 0 saturated heterocycles. The Labute approximate surface area is 131 Å². The molecule has 3 heteroatoms. The van der Waals surface area contributed by atoms with Crippen LogP contribution < -0.4 is 4.46 Å². The number of allylic oxidation sites excluding steroid dienone is 1. The first-order chi connectivity index (χ1) is 10.1. The van der Waals surface area contributed by atoms with E-state index in [9.17, 15) is 9.90 Å². The van der Waals surface area contributed by atoms with Crippen molar-refractivity contribution in [1.29, 1.82) is 0 Å². The molecule has 0 aliphatic carbocycles. The molecule has 108 valence electrons. The second-order valence-electron chi connectivity index (χ2n) is 4.78. The van der Waals surface area contributed by atoms with E-state index >= 15 is 0 Å². The quantitative estimate of drug-likeness (QED) is 0.666. The van der Waals surface area contributed by atoms with Gasteiger partial charge in [0.1, 0.15) is 0 Å². The average molecular weight is 345 g/mol. The summed E-state index contributed by atoms with van der Waals surface area (Å²) < 4.78 is 1.28. The zero-order chi connectivity index (χ0) is 15.2. The summed E-state index contributed by atoms with van der Waals surface area (Å²) in [5, 5.41) is 9.38. The van der Waals surface area contributed by atoms with Crippen LogP contribution in [0.1, 0.15) is 19.4 Å². The van der Waals surface area contributed by atoms with Crippen molar-refractivity contribution in [1.82, 2.24) is 0 Å². The molecule has 0 aliphatic rings. The molecule has 2 aromatic rings. The van der Waals surface area contributed by atoms with Gasteiger partial charge >= 0.3 is 131 Å². The average Bonchev–Trinajstić information content (AvgIpc) is 2.49. The second kappa shape index (κ2) is 7.26. The van der Waals surface area contributed by atoms with Gasteiger partial charge in [0.15, 0.2) is 0 Å². The first kappa shape index (κ1) is 15.6. The number of rotatable bonds is 5. The maximum atomic E-state index is 11.4. The van der Waals surface area contributed by atoms with Crippen LogP contribution in [-0.4, -0.2) is 26.0 Å². The number of carbonyl (C=O) groups is 1. The van der Waals surface area contributed by atoms with Gasteiger partial charge in [-0.2, -0.15) is 0 Å². The van der Waals surface area contributed by atoms with Crippen LogP contribution in [0, 0.1) is 0 Å². The standard InChI is InChI=1S/C18H18O2Se/c1-13(18(19)20)17(15-9-5-3-6-10-15)14(2)21-16-11-7-4-8-12-16/h3-12,14H,1-2H3,(H,19,20)/b17-13+. The van der Waals surface area contributed by atoms with Crippen molar-refractivity contribution in [3.8, 4) is 0 Å². The Balaban J connectivity index is 2.37. The van der Waals surface area contributed by atoms with Crippen LogP contribution >= 0.6 is 0 Å². The van der Waals surface area contributed by atoms with E-state index in [1.54, 1.807) is 6.92 Å². The fourth-order valence-corrected chi connectivity index (χ4v) is 4.67. The van der Waals surface area contributed by atoms with Gasteiger partial charge in [-0.1, -0.05) is 0 Å². The van der Waals surface area contributed by atoms with Gasteiger partial charge in [0.2, 0.25) is 0 Å². The van der Waals surface area contributed by atoms with Gasteiger partial charge in [-0.25, -0.2) is 0 Å². The Bertz CT molecular complexity index is 633. The summed E-state index contributed by atoms with van der Waals surface area (Å²) in [5.41, 5.74) is 2.38. The van der Waals surface area contributed by atoms with Crippen molar-refractivity contribution in [3.05, 3.63) is 71.8 Å². The Morgan fingerprint density at radius 1 is 1.00 bits per heavy atom. The molecule has 0 aliphatic heterocycles. The molecule has 0 radical (unpaired) electrons. The van der Waals surface area contributed by atoms with E-state index in [-0.39, 0.29) is 19.8 Å². The zero-order valence-corrected chi connectivity index (χ0v) is 13.8. The third-order valence-corrected chi connectivity index (χ3v) is 5.65. The van der Waals surface area contributed by atoms with Gasteiger partial charge < -0.3 is 0 Å². The molecule has 21 heavy (non-hydrogen) atoms. The van der Waals surface area contributed by atoms with Gasteiger partial charge in [0.25, 0.3) is 0 Å². The van der Waals surface area contributed by atoms with Gasteiger partial charge in [-0.3, -0.25) is 0 Å². The van der Waals surface area contributed by atoms with Crippen LogP contribution in [0.2, 0.25) is 4.82 Å². The van der Waals surface area contributed by atoms with E-state index in [2.05, 4.69) is 19.1 Å². The molecule has 0 fully saturated rings. The Morgan fingerprint density at radius 3 is 2.05 bits per heavy atom. The van der Waals surface area contributed by atoms with E-state index in [1.165, 1.54) is 4.46 Å². The molecule has 0 amide bonds. The molecule has 0 bridgehead atoms. The minimum atomic E-state index is -0.843. The Morgan fingerprint density at radius 2 is 1.52 bits per heavy atom. The first-order valence-electron chi connectivity index (χ1n) is 6.80. The fraction of sp³-hybridized carbons (Fsp3) is 0.167. The van der Waals surface area contributed by atoms with Crippen LogP contribution in [0.25, 0.3) is 5.57 Å². The summed E-state index contributed by atoms with van der Waals surface area (Å²) in [6, 6.07) is 20.1. The summed E-state index contributed by atoms with van der Waals surface area (Å²) in [7, 11) is 0. The molecule has 2 nitrogen and oxygen atoms in total. The summed E-state index contributed by atoms with van der Waals surface area (Å²) in [4.78, 5) is 11.6. The molecular weight excluding hydrogens is 327 g/mol. The molecular formula is C18H18O2Se. The molecule has 0 heterocycles. The molecule has 2 rings (SSSR count). The van der Waals surface area contributed by atoms with Gasteiger partial charge in [0, 0.05) is 0 Å². The van der Waals surface area contributed by atoms with E-state index in [4.69, 9.17) is 0 Å². The molecule has 0 saturated carbocycles. The first-order valence-corrected chi connectivity index (χ1v) is 8.65. The topological polar surface area (TPSA) is 37.3 Å². The normalized spacial score (nSPS) is 13.4. The monoisotopic (exact) mass is 346 g/mol. The fourth-order valence-electron chi connectivity index (χ4n) is 2.25. The van der Waals surface area contributed by atoms with Crippen molar-refractivity contribution in [2.45, 2.75) is 18.7 Å². The SMILES string of the molecule is C/C(C(=O)O)=C(\c1ccccc1)C(C)[Se]c1ccccc1. The number of benzene rings is 2. The van der Waals surface area contributed by atoms with Crippen LogP contribution in [0.3, 0.4) is 0 Å². The van der Waals surface area contributed by atoms with Crippen LogP contribution in [0.4, 0.5) is 0 Å². The van der Waals surface area contributed by atoms with E-state index in [0.717, 1.165) is 11.1 Å². The number of carboxylic acid groups (broad SMARTS) is 1. The van der Waals surface area contributed by atoms with Crippen LogP contribution in [0.5, 0.6) is 0 Å². The van der Waals surface area contributed by atoms with Crippen molar-refractivity contribution < 1.29 is 9.90 Å². The molecule has 0 aromatic heterocycles. The molecule has 1 N–H and O–H groups in total. The summed E-state index contributed by atoms with van der Waals surface area (Å²) >= 11 is 0.198. The Kier molecular flexibility index (Phi) is 5.38. The Hall–Kier alpha value is -1.83. The van der Waals surface area contributed by atoms with Crippen molar-refractivity contribution in [2.24, 2.45) is 0 Å². The van der Waals surface area contributed by atoms with Gasteiger partial charge in [-0.15, -0.1) is 0 Å². The zero-order valence-electron chi connectivity index (χ0n) is 12.1. The number of carboxylic acids is 1. The number of hydrogen-bond acceptors (Lipinski definition) is 1. The van der Waals surface area contributed by atoms with Gasteiger partial charge in [-0.05, 0) is 0 Å². The maximum absolute atomic E-state index is 11.4. The third-order valence-electron chi connectivity index (χ3n) is 3.27. The van der Waals surface area contributed by atoms with E-state index < -0.39 is 5.97 Å². The predicted octanol–water partition coefficient (Wildman–Crippen LogP) is 3.38. The van der Waals surface area contributed by atoms with E-state index in [1.807, 2.05) is 48.5 Å². The summed E-state index contributed by atoms with van der Waals surface area (Å²) in [6.45, 7) is 3.81. The van der Waals surface area contributed by atoms with E-state index in [0.29, 0.717) is 5.57 Å². The van der Waals surface area contributed by atoms with Crippen molar-refractivity contribution in [2.75, 3.05) is 0 Å². The minimum absolute atomic E-state index is 0.198. The molecule has 1 atom stereocenters. The number of aliphatic carboxylic acids is 1. The van der Waals surface area contributed by atoms with Crippen LogP contribution in [-0.2, 0) is 4.79 Å².